The number of carbonyl (C=O) groups is 2. The molecule has 2 rings (SSSR count). The topological polar surface area (TPSA) is 74.3 Å². The molecule has 0 saturated carbocycles. The molecule has 1 aliphatic rings. The summed E-state index contributed by atoms with van der Waals surface area (Å²) in [4.78, 5) is 25.7. The van der Waals surface area contributed by atoms with Gasteiger partial charge in [0.1, 0.15) is 11.7 Å². The number of likely N-dealkylation sites (tertiary alicyclic amines) is 1. The van der Waals surface area contributed by atoms with Crippen LogP contribution >= 0.6 is 0 Å². The van der Waals surface area contributed by atoms with Crippen molar-refractivity contribution < 1.29 is 28.5 Å². The van der Waals surface area contributed by atoms with Gasteiger partial charge in [-0.2, -0.15) is 0 Å². The van der Waals surface area contributed by atoms with Gasteiger partial charge in [0.05, 0.1) is 7.11 Å². The monoisotopic (exact) mass is 365 g/mol. The molecule has 1 aromatic carbocycles. The minimum atomic E-state index is -0.518. The van der Waals surface area contributed by atoms with E-state index in [1.807, 2.05) is 26.8 Å². The molecule has 144 valence electrons. The van der Waals surface area contributed by atoms with Crippen LogP contribution in [0.15, 0.2) is 24.3 Å². The fraction of sp³-hybridized carbons (Fsp3) is 0.579. The maximum Gasteiger partial charge on any atom is 0.410 e. The Morgan fingerprint density at radius 3 is 2.31 bits per heavy atom. The van der Waals surface area contributed by atoms with Gasteiger partial charge in [-0.05, 0) is 32.9 Å². The second kappa shape index (κ2) is 8.78. The number of hydrogen-bond donors (Lipinski definition) is 0. The molecule has 0 aromatic heterocycles. The van der Waals surface area contributed by atoms with Crippen LogP contribution in [0, 0.1) is 0 Å². The zero-order valence-electron chi connectivity index (χ0n) is 15.8. The maximum absolute atomic E-state index is 12.0. The molecule has 1 aliphatic heterocycles. The lowest BCUT2D eigenvalue weighted by Gasteiger charge is -2.33. The fourth-order valence-electron chi connectivity index (χ4n) is 2.58. The van der Waals surface area contributed by atoms with Gasteiger partial charge in [0.25, 0.3) is 0 Å². The second-order valence-corrected chi connectivity index (χ2v) is 7.10. The predicted molar refractivity (Wildman–Crippen MR) is 95.4 cm³/mol. The smallest absolute Gasteiger partial charge is 0.410 e. The Hall–Kier alpha value is -2.44. The molecule has 0 aliphatic carbocycles. The first kappa shape index (κ1) is 19.9. The molecule has 1 fully saturated rings. The molecule has 0 unspecified atom stereocenters. The van der Waals surface area contributed by atoms with Crippen LogP contribution in [-0.4, -0.2) is 55.5 Å². The minimum absolute atomic E-state index is 0.188. The summed E-state index contributed by atoms with van der Waals surface area (Å²) in [7, 11) is 1.54. The van der Waals surface area contributed by atoms with Crippen LogP contribution in [0.4, 0.5) is 4.79 Å². The lowest BCUT2D eigenvalue weighted by Crippen LogP contribution is -2.44. The summed E-state index contributed by atoms with van der Waals surface area (Å²) in [6, 6.07) is 7.11. The van der Waals surface area contributed by atoms with E-state index in [9.17, 15) is 9.59 Å². The van der Waals surface area contributed by atoms with Crippen LogP contribution < -0.4 is 9.47 Å². The minimum Gasteiger partial charge on any atom is -0.493 e. The number of hydrogen-bond acceptors (Lipinski definition) is 6. The third-order valence-electron chi connectivity index (χ3n) is 3.81. The number of amides is 1. The van der Waals surface area contributed by atoms with Crippen molar-refractivity contribution in [1.82, 2.24) is 4.90 Å². The van der Waals surface area contributed by atoms with Crippen molar-refractivity contribution in [3.8, 4) is 11.5 Å². The molecule has 0 N–H and O–H groups in total. The first-order valence-corrected chi connectivity index (χ1v) is 8.71. The molecule has 0 bridgehead atoms. The molecule has 1 heterocycles. The number of rotatable bonds is 5. The van der Waals surface area contributed by atoms with Crippen molar-refractivity contribution in [2.75, 3.05) is 26.8 Å². The Bertz CT molecular complexity index is 617. The van der Waals surface area contributed by atoms with Crippen molar-refractivity contribution in [2.24, 2.45) is 0 Å². The summed E-state index contributed by atoms with van der Waals surface area (Å²) in [6.45, 7) is 6.32. The van der Waals surface area contributed by atoms with Gasteiger partial charge < -0.3 is 23.8 Å². The zero-order valence-corrected chi connectivity index (χ0v) is 15.8. The number of para-hydroxylation sites is 2. The summed E-state index contributed by atoms with van der Waals surface area (Å²) in [5.74, 6) is 0.615. The molecule has 0 spiro atoms. The van der Waals surface area contributed by atoms with Gasteiger partial charge in [-0.1, -0.05) is 12.1 Å². The molecule has 7 nitrogen and oxygen atoms in total. The van der Waals surface area contributed by atoms with E-state index in [-0.39, 0.29) is 18.8 Å². The van der Waals surface area contributed by atoms with Crippen LogP contribution in [0.5, 0.6) is 11.5 Å². The van der Waals surface area contributed by atoms with E-state index in [1.54, 1.807) is 30.2 Å². The number of esters is 1. The van der Waals surface area contributed by atoms with Crippen LogP contribution in [0.25, 0.3) is 0 Å². The summed E-state index contributed by atoms with van der Waals surface area (Å²) in [6.07, 6.45) is 0.614. The number of nitrogens with zero attached hydrogens (tertiary/aromatic N) is 1. The maximum atomic E-state index is 12.0. The standard InChI is InChI=1S/C19H27NO6/c1-19(2,3)26-18(22)20-11-9-14(10-12-20)25-17(21)13-24-16-8-6-5-7-15(16)23-4/h5-8,14H,9-13H2,1-4H3. The highest BCUT2D eigenvalue weighted by atomic mass is 16.6. The Morgan fingerprint density at radius 2 is 1.73 bits per heavy atom. The third kappa shape index (κ3) is 6.13. The number of benzene rings is 1. The molecule has 1 aromatic rings. The van der Waals surface area contributed by atoms with Crippen LogP contribution in [0.2, 0.25) is 0 Å². The third-order valence-corrected chi connectivity index (χ3v) is 3.81. The highest BCUT2D eigenvalue weighted by Crippen LogP contribution is 2.25. The number of ether oxygens (including phenoxy) is 4. The van der Waals surface area contributed by atoms with Gasteiger partial charge >= 0.3 is 12.1 Å². The van der Waals surface area contributed by atoms with Crippen molar-refractivity contribution >= 4 is 12.1 Å². The highest BCUT2D eigenvalue weighted by molar-refractivity contribution is 5.71. The van der Waals surface area contributed by atoms with E-state index in [4.69, 9.17) is 18.9 Å². The molecule has 26 heavy (non-hydrogen) atoms. The number of piperidine rings is 1. The molecule has 0 radical (unpaired) electrons. The van der Waals surface area contributed by atoms with Crippen molar-refractivity contribution in [1.29, 1.82) is 0 Å². The van der Waals surface area contributed by atoms with Crippen LogP contribution in [0.1, 0.15) is 33.6 Å². The van der Waals surface area contributed by atoms with E-state index in [1.165, 1.54) is 0 Å². The van der Waals surface area contributed by atoms with E-state index in [0.717, 1.165) is 0 Å². The number of carbonyl (C=O) groups excluding carboxylic acids is 2. The van der Waals surface area contributed by atoms with Gasteiger partial charge in [0.15, 0.2) is 18.1 Å². The molecule has 1 saturated heterocycles. The van der Waals surface area contributed by atoms with E-state index >= 15 is 0 Å². The molecule has 0 atom stereocenters. The molecular weight excluding hydrogens is 338 g/mol. The first-order valence-electron chi connectivity index (χ1n) is 8.71. The predicted octanol–water partition coefficient (Wildman–Crippen LogP) is 3.02. The fourth-order valence-corrected chi connectivity index (χ4v) is 2.58. The van der Waals surface area contributed by atoms with Gasteiger partial charge in [-0.25, -0.2) is 9.59 Å². The zero-order chi connectivity index (χ0) is 19.2. The largest absolute Gasteiger partial charge is 0.493 e. The SMILES string of the molecule is COc1ccccc1OCC(=O)OC1CCN(C(=O)OC(C)(C)C)CC1. The second-order valence-electron chi connectivity index (χ2n) is 7.10. The lowest BCUT2D eigenvalue weighted by molar-refractivity contribution is -0.153. The summed E-state index contributed by atoms with van der Waals surface area (Å²) < 4.78 is 21.4. The summed E-state index contributed by atoms with van der Waals surface area (Å²) in [5, 5.41) is 0. The highest BCUT2D eigenvalue weighted by Gasteiger charge is 2.28. The van der Waals surface area contributed by atoms with Crippen LogP contribution in [0.3, 0.4) is 0 Å². The van der Waals surface area contributed by atoms with Crippen molar-refractivity contribution in [3.63, 3.8) is 0 Å². The average molecular weight is 365 g/mol. The molecule has 1 amide bonds. The molecule has 7 heteroatoms. The van der Waals surface area contributed by atoms with Crippen LogP contribution in [-0.2, 0) is 14.3 Å². The quantitative estimate of drug-likeness (QED) is 0.747. The molecular formula is C19H27NO6. The van der Waals surface area contributed by atoms with E-state index < -0.39 is 11.6 Å². The Kier molecular flexibility index (Phi) is 6.71. The van der Waals surface area contributed by atoms with Gasteiger partial charge in [-0.15, -0.1) is 0 Å². The first-order chi connectivity index (χ1) is 12.3. The average Bonchev–Trinajstić information content (AvgIpc) is 2.59. The Labute approximate surface area is 154 Å². The van der Waals surface area contributed by atoms with E-state index in [0.29, 0.717) is 37.4 Å². The van der Waals surface area contributed by atoms with Crippen molar-refractivity contribution in [3.05, 3.63) is 24.3 Å². The van der Waals surface area contributed by atoms with Gasteiger partial charge in [-0.3, -0.25) is 0 Å². The Balaban J connectivity index is 1.73. The summed E-state index contributed by atoms with van der Waals surface area (Å²) in [5.41, 5.74) is -0.518. The normalized spacial score (nSPS) is 15.3. The van der Waals surface area contributed by atoms with Crippen molar-refractivity contribution in [2.45, 2.75) is 45.3 Å². The summed E-state index contributed by atoms with van der Waals surface area (Å²) >= 11 is 0. The lowest BCUT2D eigenvalue weighted by atomic mass is 10.1. The van der Waals surface area contributed by atoms with E-state index in [2.05, 4.69) is 0 Å². The number of methoxy groups -OCH3 is 1. The van der Waals surface area contributed by atoms with Gasteiger partial charge in [0, 0.05) is 25.9 Å². The Morgan fingerprint density at radius 1 is 1.12 bits per heavy atom. The van der Waals surface area contributed by atoms with Gasteiger partial charge in [0.2, 0.25) is 0 Å².